The third kappa shape index (κ3) is 3.25. The minimum Gasteiger partial charge on any atom is -0.359 e. The van der Waals surface area contributed by atoms with Crippen LogP contribution in [0.3, 0.4) is 0 Å². The van der Waals surface area contributed by atoms with Crippen molar-refractivity contribution >= 4 is 17.7 Å². The van der Waals surface area contributed by atoms with E-state index >= 15 is 0 Å². The van der Waals surface area contributed by atoms with Crippen molar-refractivity contribution in [3.63, 3.8) is 0 Å². The Morgan fingerprint density at radius 2 is 1.88 bits per heavy atom. The number of hydrogen-bond acceptors (Lipinski definition) is 4. The molecular formula is C25H31N3O4. The van der Waals surface area contributed by atoms with E-state index in [2.05, 4.69) is 10.6 Å². The molecule has 3 fully saturated rings. The van der Waals surface area contributed by atoms with Crippen molar-refractivity contribution in [3.8, 4) is 0 Å². The average Bonchev–Trinajstić information content (AvgIpc) is 3.54. The number of carbonyl (C=O) groups is 3. The molecule has 1 spiro atoms. The summed E-state index contributed by atoms with van der Waals surface area (Å²) in [7, 11) is 0. The molecule has 170 valence electrons. The van der Waals surface area contributed by atoms with Gasteiger partial charge in [-0.1, -0.05) is 55.3 Å². The highest BCUT2D eigenvalue weighted by atomic mass is 16.5. The van der Waals surface area contributed by atoms with Gasteiger partial charge >= 0.3 is 0 Å². The number of amides is 3. The highest BCUT2D eigenvalue weighted by molar-refractivity contribution is 6.00. The molecule has 4 aliphatic rings. The molecule has 0 radical (unpaired) electrons. The maximum Gasteiger partial charge on any atom is 0.246 e. The largest absolute Gasteiger partial charge is 0.359 e. The molecule has 2 bridgehead atoms. The average molecular weight is 438 g/mol. The molecule has 5 atom stereocenters. The van der Waals surface area contributed by atoms with E-state index in [1.54, 1.807) is 4.90 Å². The molecule has 1 aromatic carbocycles. The second-order valence-corrected chi connectivity index (χ2v) is 9.73. The molecule has 1 aromatic rings. The van der Waals surface area contributed by atoms with E-state index in [-0.39, 0.29) is 29.8 Å². The monoisotopic (exact) mass is 437 g/mol. The van der Waals surface area contributed by atoms with E-state index in [1.807, 2.05) is 56.3 Å². The smallest absolute Gasteiger partial charge is 0.246 e. The predicted octanol–water partition coefficient (Wildman–Crippen LogP) is 1.92. The third-order valence-corrected chi connectivity index (χ3v) is 7.43. The minimum atomic E-state index is -1.08. The van der Waals surface area contributed by atoms with Crippen LogP contribution in [0.1, 0.15) is 45.1 Å². The Morgan fingerprint density at radius 1 is 1.16 bits per heavy atom. The van der Waals surface area contributed by atoms with Crippen molar-refractivity contribution in [1.82, 2.24) is 15.5 Å². The topological polar surface area (TPSA) is 87.7 Å². The van der Waals surface area contributed by atoms with Crippen molar-refractivity contribution in [2.24, 2.45) is 11.8 Å². The molecule has 32 heavy (non-hydrogen) atoms. The van der Waals surface area contributed by atoms with Crippen molar-refractivity contribution in [2.75, 3.05) is 0 Å². The van der Waals surface area contributed by atoms with Crippen LogP contribution in [0.25, 0.3) is 0 Å². The molecule has 1 aliphatic carbocycles. The van der Waals surface area contributed by atoms with E-state index in [1.165, 1.54) is 0 Å². The maximum atomic E-state index is 13.6. The van der Waals surface area contributed by atoms with E-state index in [0.29, 0.717) is 6.54 Å². The summed E-state index contributed by atoms with van der Waals surface area (Å²) in [6.45, 7) is 4.21. The van der Waals surface area contributed by atoms with Crippen molar-refractivity contribution in [3.05, 3.63) is 48.0 Å². The minimum absolute atomic E-state index is 0.148. The van der Waals surface area contributed by atoms with Crippen molar-refractivity contribution in [2.45, 2.75) is 75.9 Å². The molecule has 3 aliphatic heterocycles. The van der Waals surface area contributed by atoms with Crippen molar-refractivity contribution < 1.29 is 19.1 Å². The molecule has 3 amide bonds. The normalized spacial score (nSPS) is 33.2. The lowest BCUT2D eigenvalue weighted by Crippen LogP contribution is -2.57. The summed E-state index contributed by atoms with van der Waals surface area (Å²) >= 11 is 0. The van der Waals surface area contributed by atoms with Gasteiger partial charge in [0.25, 0.3) is 0 Å². The molecule has 5 rings (SSSR count). The van der Waals surface area contributed by atoms with Crippen LogP contribution >= 0.6 is 0 Å². The zero-order valence-corrected chi connectivity index (χ0v) is 18.6. The molecule has 3 heterocycles. The van der Waals surface area contributed by atoms with Crippen LogP contribution in [-0.2, 0) is 25.7 Å². The molecule has 7 nitrogen and oxygen atoms in total. The van der Waals surface area contributed by atoms with Gasteiger partial charge in [-0.3, -0.25) is 14.4 Å². The summed E-state index contributed by atoms with van der Waals surface area (Å²) in [5, 5.41) is 6.14. The number of carbonyl (C=O) groups excluding carboxylic acids is 3. The fourth-order valence-electron chi connectivity index (χ4n) is 6.01. The van der Waals surface area contributed by atoms with Gasteiger partial charge in [-0.15, -0.1) is 0 Å². The summed E-state index contributed by atoms with van der Waals surface area (Å²) in [6.07, 6.45) is 7.38. The number of likely N-dealkylation sites (tertiary alicyclic amines) is 1. The van der Waals surface area contributed by atoms with Crippen LogP contribution < -0.4 is 10.6 Å². The molecule has 2 N–H and O–H groups in total. The summed E-state index contributed by atoms with van der Waals surface area (Å²) in [5.74, 6) is -1.86. The fraction of sp³-hybridized carbons (Fsp3) is 0.560. The summed E-state index contributed by atoms with van der Waals surface area (Å²) in [4.78, 5) is 41.9. The lowest BCUT2D eigenvalue weighted by atomic mass is 9.74. The van der Waals surface area contributed by atoms with Gasteiger partial charge in [-0.05, 0) is 32.3 Å². The van der Waals surface area contributed by atoms with Crippen molar-refractivity contribution in [1.29, 1.82) is 0 Å². The SMILES string of the molecule is CC(C)N1C(=O)[C@@H]2[C@@H](C(=O)NCc3ccccc3)[C@H]3C=C[C@@]2(O3)[C@H]1C(=O)NC1CCCC1. The Morgan fingerprint density at radius 3 is 2.56 bits per heavy atom. The number of fused-ring (bicyclic) bond motifs is 1. The van der Waals surface area contributed by atoms with Crippen LogP contribution in [0.4, 0.5) is 0 Å². The van der Waals surface area contributed by atoms with Crippen LogP contribution in [0.15, 0.2) is 42.5 Å². The maximum absolute atomic E-state index is 13.6. The number of nitrogens with one attached hydrogen (secondary N) is 2. The molecule has 1 saturated carbocycles. The zero-order valence-electron chi connectivity index (χ0n) is 18.6. The van der Waals surface area contributed by atoms with Crippen LogP contribution in [-0.4, -0.2) is 52.5 Å². The highest BCUT2D eigenvalue weighted by Gasteiger charge is 2.73. The Balaban J connectivity index is 1.40. The highest BCUT2D eigenvalue weighted by Crippen LogP contribution is 2.55. The zero-order chi connectivity index (χ0) is 22.5. The van der Waals surface area contributed by atoms with Gasteiger partial charge in [-0.2, -0.15) is 0 Å². The number of ether oxygens (including phenoxy) is 1. The Kier molecular flexibility index (Phi) is 5.32. The molecular weight excluding hydrogens is 406 g/mol. The summed E-state index contributed by atoms with van der Waals surface area (Å²) < 4.78 is 6.32. The first-order valence-corrected chi connectivity index (χ1v) is 11.7. The van der Waals surface area contributed by atoms with Gasteiger partial charge in [-0.25, -0.2) is 0 Å². The molecule has 2 saturated heterocycles. The van der Waals surface area contributed by atoms with E-state index in [0.717, 1.165) is 31.2 Å². The first-order valence-electron chi connectivity index (χ1n) is 11.7. The third-order valence-electron chi connectivity index (χ3n) is 7.43. The Hall–Kier alpha value is -2.67. The number of hydrogen-bond donors (Lipinski definition) is 2. The first kappa shape index (κ1) is 21.2. The van der Waals surface area contributed by atoms with Gasteiger partial charge in [0.1, 0.15) is 11.6 Å². The first-order chi connectivity index (χ1) is 15.4. The summed E-state index contributed by atoms with van der Waals surface area (Å²) in [5.41, 5.74) is -0.0886. The number of rotatable bonds is 6. The second kappa shape index (κ2) is 8.03. The number of benzene rings is 1. The van der Waals surface area contributed by atoms with Crippen LogP contribution in [0.2, 0.25) is 0 Å². The molecule has 0 aromatic heterocycles. The van der Waals surface area contributed by atoms with Gasteiger partial charge in [0, 0.05) is 18.6 Å². The van der Waals surface area contributed by atoms with E-state index < -0.39 is 29.6 Å². The number of nitrogens with zero attached hydrogens (tertiary/aromatic N) is 1. The Labute approximate surface area is 188 Å². The van der Waals surface area contributed by atoms with Gasteiger partial charge in [0.15, 0.2) is 0 Å². The van der Waals surface area contributed by atoms with E-state index in [9.17, 15) is 14.4 Å². The van der Waals surface area contributed by atoms with Gasteiger partial charge < -0.3 is 20.3 Å². The van der Waals surface area contributed by atoms with Gasteiger partial charge in [0.05, 0.1) is 17.9 Å². The Bertz CT molecular complexity index is 940. The predicted molar refractivity (Wildman–Crippen MR) is 118 cm³/mol. The van der Waals surface area contributed by atoms with E-state index in [4.69, 9.17) is 4.74 Å². The standard InChI is InChI=1S/C25H31N3O4/c1-15(2)28-21(23(30)27-17-10-6-7-11-17)25-13-12-18(32-25)19(20(25)24(28)31)22(29)26-14-16-8-4-3-5-9-16/h3-5,8-9,12-13,15,17-21H,6-7,10-11,14H2,1-2H3,(H,26,29)(H,27,30)/t18-,19+,20+,21-,25+/m1/s1. The second-order valence-electron chi connectivity index (χ2n) is 9.73. The summed E-state index contributed by atoms with van der Waals surface area (Å²) in [6, 6.07) is 8.89. The lowest BCUT2D eigenvalue weighted by molar-refractivity contribution is -0.143. The van der Waals surface area contributed by atoms with Gasteiger partial charge in [0.2, 0.25) is 17.7 Å². The lowest BCUT2D eigenvalue weighted by Gasteiger charge is -2.34. The van der Waals surface area contributed by atoms with Crippen LogP contribution in [0.5, 0.6) is 0 Å². The van der Waals surface area contributed by atoms with Crippen LogP contribution in [0, 0.1) is 11.8 Å². The fourth-order valence-corrected chi connectivity index (χ4v) is 6.01. The molecule has 7 heteroatoms. The molecule has 0 unspecified atom stereocenters. The quantitative estimate of drug-likeness (QED) is 0.666.